The molecule has 94 valence electrons. The Morgan fingerprint density at radius 1 is 1.35 bits per heavy atom. The second-order valence-electron chi connectivity index (χ2n) is 3.77. The fourth-order valence-electron chi connectivity index (χ4n) is 1.60. The van der Waals surface area contributed by atoms with Gasteiger partial charge in [-0.1, -0.05) is 11.6 Å². The molecule has 0 aromatic heterocycles. The molecule has 0 atom stereocenters. The van der Waals surface area contributed by atoms with Crippen molar-refractivity contribution in [1.29, 1.82) is 0 Å². The first kappa shape index (κ1) is 14.0. The lowest BCUT2D eigenvalue weighted by Crippen LogP contribution is -2.05. The first-order valence-electron chi connectivity index (χ1n) is 5.50. The number of benzene rings is 1. The number of rotatable bonds is 7. The van der Waals surface area contributed by atoms with Crippen LogP contribution < -0.4 is 4.74 Å². The molecule has 0 N–H and O–H groups in total. The number of ketones is 1. The maximum atomic E-state index is 11.7. The molecule has 0 amide bonds. The van der Waals surface area contributed by atoms with E-state index in [2.05, 4.69) is 0 Å². The smallest absolute Gasteiger partial charge is 0.137 e. The maximum Gasteiger partial charge on any atom is 0.137 e. The summed E-state index contributed by atoms with van der Waals surface area (Å²) in [5.41, 5.74) is 0.836. The number of methoxy groups -OCH3 is 2. The Balaban J connectivity index is 2.60. The van der Waals surface area contributed by atoms with Gasteiger partial charge >= 0.3 is 0 Å². The summed E-state index contributed by atoms with van der Waals surface area (Å²) in [4.78, 5) is 11.7. The zero-order chi connectivity index (χ0) is 12.7. The highest BCUT2D eigenvalue weighted by atomic mass is 35.5. The highest BCUT2D eigenvalue weighted by molar-refractivity contribution is 6.30. The molecule has 0 fully saturated rings. The Morgan fingerprint density at radius 3 is 2.76 bits per heavy atom. The molecule has 0 radical (unpaired) electrons. The first-order valence-corrected chi connectivity index (χ1v) is 5.88. The quantitative estimate of drug-likeness (QED) is 0.704. The van der Waals surface area contributed by atoms with Gasteiger partial charge in [-0.2, -0.15) is 0 Å². The molecule has 1 aromatic rings. The molecule has 0 aliphatic rings. The molecule has 0 unspecified atom stereocenters. The lowest BCUT2D eigenvalue weighted by Gasteiger charge is -2.08. The number of halogens is 1. The van der Waals surface area contributed by atoms with Gasteiger partial charge in [0.1, 0.15) is 11.5 Å². The van der Waals surface area contributed by atoms with Gasteiger partial charge in [0.15, 0.2) is 0 Å². The summed E-state index contributed by atoms with van der Waals surface area (Å²) in [6.45, 7) is 0.610. The SMILES string of the molecule is COCCCC(=O)Cc1cc(Cl)ccc1OC. The van der Waals surface area contributed by atoms with Crippen molar-refractivity contribution in [3.8, 4) is 5.75 Å². The Hall–Kier alpha value is -1.06. The summed E-state index contributed by atoms with van der Waals surface area (Å²) in [6.07, 6.45) is 1.62. The van der Waals surface area contributed by atoms with Gasteiger partial charge in [0, 0.05) is 37.1 Å². The number of carbonyl (C=O) groups is 1. The third-order valence-corrected chi connectivity index (χ3v) is 2.67. The highest BCUT2D eigenvalue weighted by Crippen LogP contribution is 2.23. The van der Waals surface area contributed by atoms with E-state index in [1.165, 1.54) is 0 Å². The molecule has 1 aromatic carbocycles. The van der Waals surface area contributed by atoms with Crippen molar-refractivity contribution in [3.63, 3.8) is 0 Å². The van der Waals surface area contributed by atoms with Gasteiger partial charge in [-0.25, -0.2) is 0 Å². The lowest BCUT2D eigenvalue weighted by atomic mass is 10.0. The van der Waals surface area contributed by atoms with Gasteiger partial charge in [0.2, 0.25) is 0 Å². The van der Waals surface area contributed by atoms with Gasteiger partial charge in [0.05, 0.1) is 7.11 Å². The van der Waals surface area contributed by atoms with E-state index in [-0.39, 0.29) is 5.78 Å². The average Bonchev–Trinajstić information content (AvgIpc) is 2.29. The van der Waals surface area contributed by atoms with E-state index in [1.807, 2.05) is 0 Å². The van der Waals surface area contributed by atoms with E-state index in [1.54, 1.807) is 32.4 Å². The predicted octanol–water partition coefficient (Wildman–Crippen LogP) is 2.89. The van der Waals surface area contributed by atoms with Crippen molar-refractivity contribution >= 4 is 17.4 Å². The zero-order valence-corrected chi connectivity index (χ0v) is 10.9. The molecule has 3 nitrogen and oxygen atoms in total. The van der Waals surface area contributed by atoms with Crippen LogP contribution >= 0.6 is 11.6 Å². The minimum absolute atomic E-state index is 0.169. The summed E-state index contributed by atoms with van der Waals surface area (Å²) in [6, 6.07) is 5.30. The topological polar surface area (TPSA) is 35.5 Å². The summed E-state index contributed by atoms with van der Waals surface area (Å²) >= 11 is 5.90. The van der Waals surface area contributed by atoms with E-state index < -0.39 is 0 Å². The Labute approximate surface area is 107 Å². The molecule has 0 aliphatic heterocycles. The fraction of sp³-hybridized carbons (Fsp3) is 0.462. The Morgan fingerprint density at radius 2 is 2.12 bits per heavy atom. The minimum Gasteiger partial charge on any atom is -0.496 e. The van der Waals surface area contributed by atoms with Crippen LogP contribution in [0.5, 0.6) is 5.75 Å². The van der Waals surface area contributed by atoms with Crippen LogP contribution in [0.15, 0.2) is 18.2 Å². The third kappa shape index (κ3) is 4.75. The summed E-state index contributed by atoms with van der Waals surface area (Å²) < 4.78 is 10.1. The van der Waals surface area contributed by atoms with Gasteiger partial charge in [-0.05, 0) is 24.6 Å². The molecule has 0 heterocycles. The van der Waals surface area contributed by atoms with Crippen molar-refractivity contribution in [2.75, 3.05) is 20.8 Å². The van der Waals surface area contributed by atoms with Crippen LogP contribution in [0.1, 0.15) is 18.4 Å². The summed E-state index contributed by atoms with van der Waals surface area (Å²) in [5, 5.41) is 0.616. The number of hydrogen-bond acceptors (Lipinski definition) is 3. The van der Waals surface area contributed by atoms with Crippen molar-refractivity contribution in [1.82, 2.24) is 0 Å². The number of Topliss-reactive ketones (excluding diaryl/α,β-unsaturated/α-hetero) is 1. The Bertz CT molecular complexity index is 377. The monoisotopic (exact) mass is 256 g/mol. The van der Waals surface area contributed by atoms with Crippen LogP contribution in [0.25, 0.3) is 0 Å². The van der Waals surface area contributed by atoms with E-state index in [4.69, 9.17) is 21.1 Å². The molecule has 17 heavy (non-hydrogen) atoms. The maximum absolute atomic E-state index is 11.7. The molecule has 0 aliphatic carbocycles. The van der Waals surface area contributed by atoms with Crippen LogP contribution in [0.3, 0.4) is 0 Å². The highest BCUT2D eigenvalue weighted by Gasteiger charge is 2.09. The van der Waals surface area contributed by atoms with Gasteiger partial charge < -0.3 is 9.47 Å². The second kappa shape index (κ2) is 7.30. The fourth-order valence-corrected chi connectivity index (χ4v) is 1.79. The van der Waals surface area contributed by atoms with Crippen molar-refractivity contribution < 1.29 is 14.3 Å². The lowest BCUT2D eigenvalue weighted by molar-refractivity contribution is -0.118. The van der Waals surface area contributed by atoms with E-state index in [9.17, 15) is 4.79 Å². The third-order valence-electron chi connectivity index (χ3n) is 2.43. The van der Waals surface area contributed by atoms with Gasteiger partial charge in [-0.3, -0.25) is 4.79 Å². The van der Waals surface area contributed by atoms with Crippen LogP contribution in [0, 0.1) is 0 Å². The van der Waals surface area contributed by atoms with Crippen molar-refractivity contribution in [2.45, 2.75) is 19.3 Å². The van der Waals surface area contributed by atoms with E-state index in [0.29, 0.717) is 30.2 Å². The van der Waals surface area contributed by atoms with E-state index in [0.717, 1.165) is 12.0 Å². The Kier molecular flexibility index (Phi) is 6.01. The standard InChI is InChI=1S/C13H17ClO3/c1-16-7-3-4-12(15)9-10-8-11(14)5-6-13(10)17-2/h5-6,8H,3-4,7,9H2,1-2H3. The van der Waals surface area contributed by atoms with Gasteiger partial charge in [-0.15, -0.1) is 0 Å². The number of ether oxygens (including phenoxy) is 2. The average molecular weight is 257 g/mol. The van der Waals surface area contributed by atoms with Crippen LogP contribution in [0.2, 0.25) is 5.02 Å². The molecule has 4 heteroatoms. The molecular formula is C13H17ClO3. The summed E-state index contributed by atoms with van der Waals surface area (Å²) in [5.74, 6) is 0.872. The minimum atomic E-state index is 0.169. The van der Waals surface area contributed by atoms with Crippen LogP contribution in [0.4, 0.5) is 0 Å². The number of carbonyl (C=O) groups excluding carboxylic acids is 1. The predicted molar refractivity (Wildman–Crippen MR) is 67.8 cm³/mol. The zero-order valence-electron chi connectivity index (χ0n) is 10.2. The molecular weight excluding hydrogens is 240 g/mol. The second-order valence-corrected chi connectivity index (χ2v) is 4.20. The molecule has 0 saturated carbocycles. The van der Waals surface area contributed by atoms with Crippen molar-refractivity contribution in [3.05, 3.63) is 28.8 Å². The van der Waals surface area contributed by atoms with Crippen molar-refractivity contribution in [2.24, 2.45) is 0 Å². The molecule has 0 saturated heterocycles. The largest absolute Gasteiger partial charge is 0.496 e. The van der Waals surface area contributed by atoms with Gasteiger partial charge in [0.25, 0.3) is 0 Å². The summed E-state index contributed by atoms with van der Waals surface area (Å²) in [7, 11) is 3.21. The molecule has 1 rings (SSSR count). The molecule has 0 bridgehead atoms. The van der Waals surface area contributed by atoms with Crippen LogP contribution in [-0.4, -0.2) is 26.6 Å². The first-order chi connectivity index (χ1) is 8.17. The van der Waals surface area contributed by atoms with Crippen LogP contribution in [-0.2, 0) is 16.0 Å². The molecule has 0 spiro atoms. The van der Waals surface area contributed by atoms with E-state index >= 15 is 0 Å². The number of hydrogen-bond donors (Lipinski definition) is 0. The normalized spacial score (nSPS) is 10.3.